The van der Waals surface area contributed by atoms with Crippen LogP contribution in [0, 0.1) is 5.82 Å². The zero-order chi connectivity index (χ0) is 23.6. The van der Waals surface area contributed by atoms with Crippen molar-refractivity contribution in [1.29, 1.82) is 0 Å². The summed E-state index contributed by atoms with van der Waals surface area (Å²) in [5.74, 6) is -0.619. The second-order valence-electron chi connectivity index (χ2n) is 8.38. The van der Waals surface area contributed by atoms with Gasteiger partial charge in [-0.2, -0.15) is 12.7 Å². The first-order valence-electron chi connectivity index (χ1n) is 11.0. The highest BCUT2D eigenvalue weighted by Gasteiger charge is 2.29. The number of piperidine rings is 1. The van der Waals surface area contributed by atoms with Crippen molar-refractivity contribution in [3.63, 3.8) is 0 Å². The highest BCUT2D eigenvalue weighted by molar-refractivity contribution is 7.87. The van der Waals surface area contributed by atoms with Crippen LogP contribution >= 0.6 is 0 Å². The Bertz CT molecular complexity index is 1150. The lowest BCUT2D eigenvalue weighted by Gasteiger charge is -2.31. The monoisotopic (exact) mass is 474 g/mol. The van der Waals surface area contributed by atoms with Crippen molar-refractivity contribution in [2.75, 3.05) is 18.4 Å². The number of carbonyl (C=O) groups excluding carboxylic acids is 2. The molecule has 0 aromatic heterocycles. The topological polar surface area (TPSA) is 98.8 Å². The quantitative estimate of drug-likeness (QED) is 0.695. The van der Waals surface area contributed by atoms with Crippen LogP contribution in [-0.4, -0.2) is 42.7 Å². The molecule has 1 fully saturated rings. The van der Waals surface area contributed by atoms with Crippen molar-refractivity contribution in [3.05, 3.63) is 65.0 Å². The minimum atomic E-state index is -3.79. The summed E-state index contributed by atoms with van der Waals surface area (Å²) in [7, 11) is -3.79. The number of halogens is 1. The summed E-state index contributed by atoms with van der Waals surface area (Å²) in [4.78, 5) is 25.7. The summed E-state index contributed by atoms with van der Waals surface area (Å²) in [6.45, 7) is 3.10. The lowest BCUT2D eigenvalue weighted by molar-refractivity contribution is -0.119. The molecule has 1 saturated heterocycles. The van der Waals surface area contributed by atoms with Crippen LogP contribution in [0.1, 0.15) is 48.8 Å². The first-order valence-corrected chi connectivity index (χ1v) is 12.4. The van der Waals surface area contributed by atoms with Gasteiger partial charge in [0.15, 0.2) is 0 Å². The van der Waals surface area contributed by atoms with E-state index in [0.29, 0.717) is 44.7 Å². The first kappa shape index (κ1) is 23.2. The second kappa shape index (κ2) is 9.48. The third kappa shape index (κ3) is 5.33. The SMILES string of the molecule is CCC(=O)NS(=O)(=O)N1CCC(c2ccc(NC(=O)N3Cc4ccc(F)cc4C3)cc2)CC1. The summed E-state index contributed by atoms with van der Waals surface area (Å²) < 4.78 is 41.3. The minimum absolute atomic E-state index is 0.113. The number of hydrogen-bond donors (Lipinski definition) is 2. The number of urea groups is 1. The Kier molecular flexibility index (Phi) is 6.66. The van der Waals surface area contributed by atoms with Crippen molar-refractivity contribution < 1.29 is 22.4 Å². The smallest absolute Gasteiger partial charge is 0.316 e. The average Bonchev–Trinajstić information content (AvgIpc) is 3.23. The molecular weight excluding hydrogens is 447 g/mol. The fraction of sp³-hybridized carbons (Fsp3) is 0.391. The van der Waals surface area contributed by atoms with Crippen LogP contribution in [0.4, 0.5) is 14.9 Å². The van der Waals surface area contributed by atoms with E-state index in [2.05, 4.69) is 10.0 Å². The van der Waals surface area contributed by atoms with E-state index in [0.717, 1.165) is 16.7 Å². The molecule has 0 saturated carbocycles. The molecule has 0 aliphatic carbocycles. The molecule has 0 spiro atoms. The number of nitrogens with one attached hydrogen (secondary N) is 2. The lowest BCUT2D eigenvalue weighted by Crippen LogP contribution is -2.46. The van der Waals surface area contributed by atoms with E-state index >= 15 is 0 Å². The maximum atomic E-state index is 13.4. The molecule has 0 bridgehead atoms. The largest absolute Gasteiger partial charge is 0.322 e. The van der Waals surface area contributed by atoms with Crippen LogP contribution in [0.5, 0.6) is 0 Å². The van der Waals surface area contributed by atoms with E-state index in [4.69, 9.17) is 0 Å². The number of rotatable bonds is 5. The number of fused-ring (bicyclic) bond motifs is 1. The molecule has 33 heavy (non-hydrogen) atoms. The van der Waals surface area contributed by atoms with Crippen LogP contribution in [0.2, 0.25) is 0 Å². The third-order valence-electron chi connectivity index (χ3n) is 6.17. The van der Waals surface area contributed by atoms with Gasteiger partial charge in [0.25, 0.3) is 0 Å². The summed E-state index contributed by atoms with van der Waals surface area (Å²) in [6.07, 6.45) is 1.41. The molecule has 2 aromatic rings. The number of nitrogens with zero attached hydrogens (tertiary/aromatic N) is 2. The fourth-order valence-electron chi connectivity index (χ4n) is 4.26. The summed E-state index contributed by atoms with van der Waals surface area (Å²) in [6, 6.07) is 11.9. The fourth-order valence-corrected chi connectivity index (χ4v) is 5.51. The molecule has 2 aliphatic rings. The van der Waals surface area contributed by atoms with E-state index < -0.39 is 16.1 Å². The molecule has 4 rings (SSSR count). The normalized spacial score (nSPS) is 17.0. The molecule has 2 aliphatic heterocycles. The van der Waals surface area contributed by atoms with Gasteiger partial charge in [-0.3, -0.25) is 4.79 Å². The number of carbonyl (C=O) groups is 2. The zero-order valence-electron chi connectivity index (χ0n) is 18.4. The van der Waals surface area contributed by atoms with E-state index in [1.54, 1.807) is 17.9 Å². The van der Waals surface area contributed by atoms with Gasteiger partial charge >= 0.3 is 16.2 Å². The second-order valence-corrected chi connectivity index (χ2v) is 10.0. The van der Waals surface area contributed by atoms with Gasteiger partial charge < -0.3 is 10.2 Å². The minimum Gasteiger partial charge on any atom is -0.316 e. The molecule has 10 heteroatoms. The predicted molar refractivity (Wildman–Crippen MR) is 122 cm³/mol. The van der Waals surface area contributed by atoms with Crippen molar-refractivity contribution in [1.82, 2.24) is 13.9 Å². The Morgan fingerprint density at radius 1 is 1.03 bits per heavy atom. The molecule has 0 radical (unpaired) electrons. The molecule has 3 amide bonds. The summed E-state index contributed by atoms with van der Waals surface area (Å²) in [5.41, 5.74) is 3.51. The van der Waals surface area contributed by atoms with E-state index in [-0.39, 0.29) is 24.2 Å². The summed E-state index contributed by atoms with van der Waals surface area (Å²) >= 11 is 0. The van der Waals surface area contributed by atoms with Gasteiger partial charge in [0.2, 0.25) is 5.91 Å². The summed E-state index contributed by atoms with van der Waals surface area (Å²) in [5, 5.41) is 2.88. The van der Waals surface area contributed by atoms with Crippen molar-refractivity contribution in [3.8, 4) is 0 Å². The highest BCUT2D eigenvalue weighted by Crippen LogP contribution is 2.30. The van der Waals surface area contributed by atoms with E-state index in [9.17, 15) is 22.4 Å². The highest BCUT2D eigenvalue weighted by atomic mass is 32.2. The van der Waals surface area contributed by atoms with Crippen LogP contribution < -0.4 is 10.0 Å². The average molecular weight is 475 g/mol. The van der Waals surface area contributed by atoms with Gasteiger partial charge in [0.05, 0.1) is 0 Å². The van der Waals surface area contributed by atoms with Crippen molar-refractivity contribution in [2.45, 2.75) is 45.2 Å². The third-order valence-corrected chi connectivity index (χ3v) is 7.70. The van der Waals surface area contributed by atoms with Gasteiger partial charge in [-0.1, -0.05) is 25.1 Å². The maximum Gasteiger partial charge on any atom is 0.322 e. The number of amides is 3. The lowest BCUT2D eigenvalue weighted by atomic mass is 9.90. The van der Waals surface area contributed by atoms with Crippen molar-refractivity contribution >= 4 is 27.8 Å². The van der Waals surface area contributed by atoms with E-state index in [1.807, 2.05) is 24.3 Å². The van der Waals surface area contributed by atoms with Crippen LogP contribution in [0.25, 0.3) is 0 Å². The van der Waals surface area contributed by atoms with Crippen LogP contribution in [0.15, 0.2) is 42.5 Å². The Labute approximate surface area is 192 Å². The molecule has 176 valence electrons. The Morgan fingerprint density at radius 2 is 1.70 bits per heavy atom. The molecule has 2 aromatic carbocycles. The molecule has 0 atom stereocenters. The van der Waals surface area contributed by atoms with E-state index in [1.165, 1.54) is 16.4 Å². The van der Waals surface area contributed by atoms with Gasteiger partial charge in [-0.25, -0.2) is 13.9 Å². The number of anilines is 1. The Hall–Kier alpha value is -2.98. The number of hydrogen-bond acceptors (Lipinski definition) is 4. The Morgan fingerprint density at radius 3 is 2.36 bits per heavy atom. The van der Waals surface area contributed by atoms with Gasteiger partial charge in [-0.05, 0) is 59.7 Å². The Balaban J connectivity index is 1.30. The van der Waals surface area contributed by atoms with Crippen LogP contribution in [-0.2, 0) is 28.1 Å². The molecule has 2 N–H and O–H groups in total. The van der Waals surface area contributed by atoms with Gasteiger partial charge in [0, 0.05) is 38.3 Å². The number of benzene rings is 2. The zero-order valence-corrected chi connectivity index (χ0v) is 19.2. The molecule has 2 heterocycles. The molecule has 0 unspecified atom stereocenters. The van der Waals surface area contributed by atoms with Crippen LogP contribution in [0.3, 0.4) is 0 Å². The van der Waals surface area contributed by atoms with Crippen molar-refractivity contribution in [2.24, 2.45) is 0 Å². The van der Waals surface area contributed by atoms with Gasteiger partial charge in [0.1, 0.15) is 5.82 Å². The predicted octanol–water partition coefficient (Wildman–Crippen LogP) is 3.32. The molecule has 8 nitrogen and oxygen atoms in total. The standard InChI is InChI=1S/C23H27FN4O4S/c1-2-22(29)26-33(31,32)28-11-9-17(10-12-28)16-4-7-21(8-5-16)25-23(30)27-14-18-3-6-20(24)13-19(18)15-27/h3-8,13,17H,2,9-12,14-15H2,1H3,(H,25,30)(H,26,29). The molecular formula is C23H27FN4O4S. The first-order chi connectivity index (χ1) is 15.7. The van der Waals surface area contributed by atoms with Gasteiger partial charge in [-0.15, -0.1) is 0 Å². The maximum absolute atomic E-state index is 13.4.